The van der Waals surface area contributed by atoms with Crippen molar-refractivity contribution >= 4 is 10.0 Å². The SMILES string of the molecule is CCC(CCN)NS(=O)(=O)c1cn(C)cn1. The molecule has 0 aromatic carbocycles. The van der Waals surface area contributed by atoms with Gasteiger partial charge in [-0.1, -0.05) is 6.92 Å². The zero-order valence-electron chi connectivity index (χ0n) is 9.55. The Morgan fingerprint density at radius 1 is 1.62 bits per heavy atom. The maximum Gasteiger partial charge on any atom is 0.259 e. The molecule has 0 bridgehead atoms. The standard InChI is InChI=1S/C9H18N4O2S/c1-3-8(4-5-10)12-16(14,15)9-6-13(2)7-11-9/h6-8,12H,3-5,10H2,1-2H3. The van der Waals surface area contributed by atoms with Crippen LogP contribution >= 0.6 is 0 Å². The molecule has 0 radical (unpaired) electrons. The number of imidazole rings is 1. The molecule has 7 heteroatoms. The molecule has 0 aliphatic rings. The zero-order chi connectivity index (χ0) is 12.2. The van der Waals surface area contributed by atoms with E-state index in [2.05, 4.69) is 9.71 Å². The van der Waals surface area contributed by atoms with Gasteiger partial charge in [-0.15, -0.1) is 0 Å². The van der Waals surface area contributed by atoms with Crippen molar-refractivity contribution in [2.75, 3.05) is 6.54 Å². The van der Waals surface area contributed by atoms with Crippen LogP contribution in [0.4, 0.5) is 0 Å². The van der Waals surface area contributed by atoms with Crippen molar-refractivity contribution in [2.24, 2.45) is 12.8 Å². The van der Waals surface area contributed by atoms with Crippen molar-refractivity contribution in [3.63, 3.8) is 0 Å². The number of aromatic nitrogens is 2. The Labute approximate surface area is 95.9 Å². The number of rotatable bonds is 6. The van der Waals surface area contributed by atoms with Gasteiger partial charge in [-0.2, -0.15) is 0 Å². The molecule has 0 amide bonds. The maximum absolute atomic E-state index is 11.9. The molecule has 0 saturated carbocycles. The molecule has 0 saturated heterocycles. The Balaban J connectivity index is 2.78. The first kappa shape index (κ1) is 13.1. The molecule has 0 fully saturated rings. The lowest BCUT2D eigenvalue weighted by Crippen LogP contribution is -2.36. The Hall–Kier alpha value is -0.920. The van der Waals surface area contributed by atoms with E-state index in [1.54, 1.807) is 11.6 Å². The first-order valence-electron chi connectivity index (χ1n) is 5.20. The normalized spacial score (nSPS) is 13.9. The second-order valence-corrected chi connectivity index (χ2v) is 5.34. The van der Waals surface area contributed by atoms with Crippen LogP contribution in [-0.2, 0) is 17.1 Å². The maximum atomic E-state index is 11.9. The van der Waals surface area contributed by atoms with Gasteiger partial charge in [-0.25, -0.2) is 18.1 Å². The molecule has 1 aromatic rings. The van der Waals surface area contributed by atoms with Gasteiger partial charge in [0.2, 0.25) is 0 Å². The van der Waals surface area contributed by atoms with Crippen molar-refractivity contribution < 1.29 is 8.42 Å². The average molecular weight is 246 g/mol. The van der Waals surface area contributed by atoms with Crippen molar-refractivity contribution in [3.05, 3.63) is 12.5 Å². The number of aryl methyl sites for hydroxylation is 1. The number of nitrogens with zero attached hydrogens (tertiary/aromatic N) is 2. The van der Waals surface area contributed by atoms with Crippen LogP contribution in [0.1, 0.15) is 19.8 Å². The van der Waals surface area contributed by atoms with E-state index < -0.39 is 10.0 Å². The molecule has 16 heavy (non-hydrogen) atoms. The average Bonchev–Trinajstić information content (AvgIpc) is 2.64. The minimum atomic E-state index is -3.51. The van der Waals surface area contributed by atoms with Crippen LogP contribution in [-0.4, -0.2) is 30.6 Å². The second kappa shape index (κ2) is 5.42. The van der Waals surface area contributed by atoms with Crippen LogP contribution in [0.3, 0.4) is 0 Å². The molecule has 1 heterocycles. The van der Waals surface area contributed by atoms with Gasteiger partial charge in [0.15, 0.2) is 5.03 Å². The summed E-state index contributed by atoms with van der Waals surface area (Å²) < 4.78 is 27.9. The fourth-order valence-electron chi connectivity index (χ4n) is 1.35. The van der Waals surface area contributed by atoms with E-state index in [-0.39, 0.29) is 11.1 Å². The largest absolute Gasteiger partial charge is 0.339 e. The number of hydrogen-bond acceptors (Lipinski definition) is 4. The highest BCUT2D eigenvalue weighted by Gasteiger charge is 2.20. The summed E-state index contributed by atoms with van der Waals surface area (Å²) in [6.45, 7) is 2.38. The van der Waals surface area contributed by atoms with Crippen molar-refractivity contribution in [3.8, 4) is 0 Å². The summed E-state index contributed by atoms with van der Waals surface area (Å²) in [6, 6.07) is -0.128. The highest BCUT2D eigenvalue weighted by atomic mass is 32.2. The summed E-state index contributed by atoms with van der Waals surface area (Å²) in [4.78, 5) is 3.82. The Morgan fingerprint density at radius 3 is 2.75 bits per heavy atom. The fourth-order valence-corrected chi connectivity index (χ4v) is 2.69. The molecular weight excluding hydrogens is 228 g/mol. The molecule has 0 aliphatic heterocycles. The van der Waals surface area contributed by atoms with E-state index in [1.165, 1.54) is 12.5 Å². The fraction of sp³-hybridized carbons (Fsp3) is 0.667. The second-order valence-electron chi connectivity index (χ2n) is 3.68. The molecule has 3 N–H and O–H groups in total. The molecular formula is C9H18N4O2S. The van der Waals surface area contributed by atoms with E-state index >= 15 is 0 Å². The molecule has 1 aromatic heterocycles. The minimum absolute atomic E-state index is 0.0467. The van der Waals surface area contributed by atoms with Gasteiger partial charge in [0.1, 0.15) is 0 Å². The van der Waals surface area contributed by atoms with E-state index in [1.807, 2.05) is 6.92 Å². The van der Waals surface area contributed by atoms with Gasteiger partial charge >= 0.3 is 0 Å². The van der Waals surface area contributed by atoms with E-state index in [0.717, 1.165) is 0 Å². The first-order valence-corrected chi connectivity index (χ1v) is 6.68. The number of nitrogens with two attached hydrogens (primary N) is 1. The quantitative estimate of drug-likeness (QED) is 0.729. The molecule has 6 nitrogen and oxygen atoms in total. The van der Waals surface area contributed by atoms with Gasteiger partial charge in [-0.05, 0) is 19.4 Å². The van der Waals surface area contributed by atoms with Crippen LogP contribution in [0.2, 0.25) is 0 Å². The third kappa shape index (κ3) is 3.29. The lowest BCUT2D eigenvalue weighted by atomic mass is 10.2. The van der Waals surface area contributed by atoms with Crippen LogP contribution in [0.15, 0.2) is 17.6 Å². The summed E-state index contributed by atoms with van der Waals surface area (Å²) in [5.41, 5.74) is 5.41. The van der Waals surface area contributed by atoms with Gasteiger partial charge < -0.3 is 10.3 Å². The molecule has 92 valence electrons. The van der Waals surface area contributed by atoms with Gasteiger partial charge in [0.25, 0.3) is 10.0 Å². The number of nitrogens with one attached hydrogen (secondary N) is 1. The van der Waals surface area contributed by atoms with E-state index in [0.29, 0.717) is 19.4 Å². The summed E-state index contributed by atoms with van der Waals surface area (Å²) in [5.74, 6) is 0. The minimum Gasteiger partial charge on any atom is -0.339 e. The molecule has 0 spiro atoms. The third-order valence-electron chi connectivity index (χ3n) is 2.29. The lowest BCUT2D eigenvalue weighted by Gasteiger charge is -2.14. The summed E-state index contributed by atoms with van der Waals surface area (Å²) in [7, 11) is -1.79. The molecule has 1 unspecified atom stereocenters. The number of hydrogen-bond donors (Lipinski definition) is 2. The van der Waals surface area contributed by atoms with Crippen LogP contribution < -0.4 is 10.5 Å². The summed E-state index contributed by atoms with van der Waals surface area (Å²) in [5, 5.41) is 0.0467. The van der Waals surface area contributed by atoms with Crippen LogP contribution in [0.5, 0.6) is 0 Å². The predicted octanol–water partition coefficient (Wildman–Crippen LogP) is -0.174. The van der Waals surface area contributed by atoms with E-state index in [9.17, 15) is 8.42 Å². The molecule has 0 aliphatic carbocycles. The highest BCUT2D eigenvalue weighted by Crippen LogP contribution is 2.07. The van der Waals surface area contributed by atoms with Crippen molar-refractivity contribution in [1.29, 1.82) is 0 Å². The molecule has 1 atom stereocenters. The monoisotopic (exact) mass is 246 g/mol. The van der Waals surface area contributed by atoms with Crippen molar-refractivity contribution in [2.45, 2.75) is 30.8 Å². The Morgan fingerprint density at radius 2 is 2.31 bits per heavy atom. The lowest BCUT2D eigenvalue weighted by molar-refractivity contribution is 0.519. The topological polar surface area (TPSA) is 90.0 Å². The Bertz CT molecular complexity index is 426. The molecule has 1 rings (SSSR count). The van der Waals surface area contributed by atoms with Gasteiger partial charge in [0, 0.05) is 19.3 Å². The zero-order valence-corrected chi connectivity index (χ0v) is 10.4. The van der Waals surface area contributed by atoms with Crippen LogP contribution in [0.25, 0.3) is 0 Å². The van der Waals surface area contributed by atoms with Gasteiger partial charge in [-0.3, -0.25) is 0 Å². The third-order valence-corrected chi connectivity index (χ3v) is 3.69. The number of sulfonamides is 1. The smallest absolute Gasteiger partial charge is 0.259 e. The first-order chi connectivity index (χ1) is 7.49. The Kier molecular flexibility index (Phi) is 4.45. The summed E-state index contributed by atoms with van der Waals surface area (Å²) in [6.07, 6.45) is 4.27. The highest BCUT2D eigenvalue weighted by molar-refractivity contribution is 7.89. The summed E-state index contributed by atoms with van der Waals surface area (Å²) >= 11 is 0. The van der Waals surface area contributed by atoms with E-state index in [4.69, 9.17) is 5.73 Å². The van der Waals surface area contributed by atoms with Gasteiger partial charge in [0.05, 0.1) is 6.33 Å². The predicted molar refractivity (Wildman–Crippen MR) is 61.3 cm³/mol. The van der Waals surface area contributed by atoms with Crippen molar-refractivity contribution in [1.82, 2.24) is 14.3 Å². The van der Waals surface area contributed by atoms with Crippen LogP contribution in [0, 0.1) is 0 Å².